The first kappa shape index (κ1) is 9.56. The average molecular weight is 194 g/mol. The number of carbonyl (C=O) groups is 1. The van der Waals surface area contributed by atoms with E-state index < -0.39 is 36.0 Å². The zero-order chi connectivity index (χ0) is 10.0. The Morgan fingerprint density at radius 2 is 2.31 bits per heavy atom. The highest BCUT2D eigenvalue weighted by molar-refractivity contribution is 5.85. The van der Waals surface area contributed by atoms with Crippen LogP contribution < -0.4 is 0 Å². The number of aromatic amines is 1. The van der Waals surface area contributed by atoms with Crippen molar-refractivity contribution in [2.45, 2.75) is 6.17 Å². The summed E-state index contributed by atoms with van der Waals surface area (Å²) in [5, 5.41) is 13.1. The standard InChI is InChI=1S/C6H5F3N2O2/c7-1-2(8)4-3(9)5(6(12)13)11-10-4/h2H,1H2,(H,10,11)(H,12,13). The minimum Gasteiger partial charge on any atom is -0.476 e. The maximum Gasteiger partial charge on any atom is 0.357 e. The Morgan fingerprint density at radius 1 is 1.69 bits per heavy atom. The fraction of sp³-hybridized carbons (Fsp3) is 0.333. The molecule has 1 heterocycles. The van der Waals surface area contributed by atoms with Gasteiger partial charge in [0, 0.05) is 0 Å². The van der Waals surface area contributed by atoms with Crippen LogP contribution >= 0.6 is 0 Å². The minimum absolute atomic E-state index is 0.847. The lowest BCUT2D eigenvalue weighted by atomic mass is 10.2. The van der Waals surface area contributed by atoms with Crippen molar-refractivity contribution in [1.82, 2.24) is 10.2 Å². The van der Waals surface area contributed by atoms with Crippen molar-refractivity contribution < 1.29 is 23.1 Å². The van der Waals surface area contributed by atoms with Crippen molar-refractivity contribution in [2.75, 3.05) is 6.67 Å². The van der Waals surface area contributed by atoms with E-state index in [-0.39, 0.29) is 0 Å². The molecule has 1 aromatic rings. The number of rotatable bonds is 3. The van der Waals surface area contributed by atoms with Crippen molar-refractivity contribution >= 4 is 5.97 Å². The summed E-state index contributed by atoms with van der Waals surface area (Å²) in [6.45, 7) is -1.44. The maximum atomic E-state index is 12.8. The van der Waals surface area contributed by atoms with Crippen LogP contribution in [0.1, 0.15) is 22.4 Å². The van der Waals surface area contributed by atoms with Gasteiger partial charge in [-0.3, -0.25) is 5.10 Å². The first-order chi connectivity index (χ1) is 6.07. The number of alkyl halides is 2. The van der Waals surface area contributed by atoms with E-state index in [9.17, 15) is 18.0 Å². The lowest BCUT2D eigenvalue weighted by Crippen LogP contribution is -2.01. The quantitative estimate of drug-likeness (QED) is 0.760. The second-order valence-corrected chi connectivity index (χ2v) is 2.22. The maximum absolute atomic E-state index is 12.8. The molecule has 0 saturated carbocycles. The summed E-state index contributed by atoms with van der Waals surface area (Å²) in [4.78, 5) is 10.2. The van der Waals surface area contributed by atoms with E-state index in [4.69, 9.17) is 5.11 Å². The molecule has 0 bridgehead atoms. The zero-order valence-electron chi connectivity index (χ0n) is 6.22. The summed E-state index contributed by atoms with van der Waals surface area (Å²) < 4.78 is 37.1. The molecule has 2 N–H and O–H groups in total. The highest BCUT2D eigenvalue weighted by Gasteiger charge is 2.24. The normalized spacial score (nSPS) is 12.8. The molecule has 13 heavy (non-hydrogen) atoms. The Bertz CT molecular complexity index is 326. The van der Waals surface area contributed by atoms with Gasteiger partial charge in [0.15, 0.2) is 17.7 Å². The van der Waals surface area contributed by atoms with Gasteiger partial charge in [0.05, 0.1) is 0 Å². The van der Waals surface area contributed by atoms with Gasteiger partial charge in [-0.1, -0.05) is 0 Å². The molecule has 1 atom stereocenters. The van der Waals surface area contributed by atoms with Crippen molar-refractivity contribution in [3.8, 4) is 0 Å². The number of halogens is 3. The van der Waals surface area contributed by atoms with Gasteiger partial charge in [-0.2, -0.15) is 5.10 Å². The van der Waals surface area contributed by atoms with Gasteiger partial charge in [0.1, 0.15) is 12.4 Å². The summed E-state index contributed by atoms with van der Waals surface area (Å²) in [6, 6.07) is 0. The van der Waals surface area contributed by atoms with Gasteiger partial charge in [-0.25, -0.2) is 18.0 Å². The molecule has 0 radical (unpaired) electrons. The van der Waals surface area contributed by atoms with Crippen molar-refractivity contribution in [3.63, 3.8) is 0 Å². The monoisotopic (exact) mass is 194 g/mol. The second-order valence-electron chi connectivity index (χ2n) is 2.22. The van der Waals surface area contributed by atoms with E-state index in [0.717, 1.165) is 0 Å². The predicted octanol–water partition coefficient (Wildman–Crippen LogP) is 1.23. The molecule has 72 valence electrons. The topological polar surface area (TPSA) is 66.0 Å². The number of hydrogen-bond donors (Lipinski definition) is 2. The minimum atomic E-state index is -2.23. The predicted molar refractivity (Wildman–Crippen MR) is 35.3 cm³/mol. The number of hydrogen-bond acceptors (Lipinski definition) is 2. The highest BCUT2D eigenvalue weighted by Crippen LogP contribution is 2.20. The Kier molecular flexibility index (Phi) is 2.54. The van der Waals surface area contributed by atoms with Crippen LogP contribution in [-0.4, -0.2) is 27.9 Å². The number of carboxylic acid groups (broad SMARTS) is 1. The Labute approximate surface area is 70.4 Å². The largest absolute Gasteiger partial charge is 0.476 e. The van der Waals surface area contributed by atoms with Gasteiger partial charge >= 0.3 is 5.97 Å². The van der Waals surface area contributed by atoms with Gasteiger partial charge in [0.25, 0.3) is 0 Å². The highest BCUT2D eigenvalue weighted by atomic mass is 19.2. The van der Waals surface area contributed by atoms with Crippen LogP contribution in [0.5, 0.6) is 0 Å². The molecule has 0 fully saturated rings. The van der Waals surface area contributed by atoms with Gasteiger partial charge in [-0.05, 0) is 0 Å². The van der Waals surface area contributed by atoms with Crippen LogP contribution in [0.4, 0.5) is 13.2 Å². The third-order valence-electron chi connectivity index (χ3n) is 1.38. The van der Waals surface area contributed by atoms with E-state index in [1.165, 1.54) is 0 Å². The Morgan fingerprint density at radius 3 is 2.69 bits per heavy atom. The SMILES string of the molecule is O=C(O)c1[nH]nc(C(F)CF)c1F. The third-order valence-corrected chi connectivity index (χ3v) is 1.38. The van der Waals surface area contributed by atoms with Crippen LogP contribution in [0.15, 0.2) is 0 Å². The second kappa shape index (κ2) is 3.46. The molecule has 1 rings (SSSR count). The first-order valence-corrected chi connectivity index (χ1v) is 3.25. The molecule has 1 unspecified atom stereocenters. The van der Waals surface area contributed by atoms with E-state index in [1.807, 2.05) is 0 Å². The number of nitrogens with zero attached hydrogens (tertiary/aromatic N) is 1. The lowest BCUT2D eigenvalue weighted by molar-refractivity contribution is 0.0685. The van der Waals surface area contributed by atoms with E-state index in [0.29, 0.717) is 0 Å². The number of nitrogens with one attached hydrogen (secondary N) is 1. The number of H-pyrrole nitrogens is 1. The van der Waals surface area contributed by atoms with Gasteiger partial charge < -0.3 is 5.11 Å². The van der Waals surface area contributed by atoms with Crippen molar-refractivity contribution in [1.29, 1.82) is 0 Å². The molecule has 0 spiro atoms. The molecule has 0 saturated heterocycles. The van der Waals surface area contributed by atoms with E-state index in [1.54, 1.807) is 5.10 Å². The smallest absolute Gasteiger partial charge is 0.357 e. The molecule has 4 nitrogen and oxygen atoms in total. The zero-order valence-corrected chi connectivity index (χ0v) is 6.22. The molecule has 0 aliphatic carbocycles. The fourth-order valence-electron chi connectivity index (χ4n) is 0.765. The molecular formula is C6H5F3N2O2. The average Bonchev–Trinajstić information content (AvgIpc) is 2.46. The van der Waals surface area contributed by atoms with Gasteiger partial charge in [0.2, 0.25) is 0 Å². The number of carboxylic acids is 1. The van der Waals surface area contributed by atoms with E-state index in [2.05, 4.69) is 5.10 Å². The van der Waals surface area contributed by atoms with Crippen LogP contribution in [0.2, 0.25) is 0 Å². The fourth-order valence-corrected chi connectivity index (χ4v) is 0.765. The molecule has 1 aromatic heterocycles. The summed E-state index contributed by atoms with van der Waals surface area (Å²) in [7, 11) is 0. The molecule has 0 amide bonds. The van der Waals surface area contributed by atoms with Crippen LogP contribution in [0.25, 0.3) is 0 Å². The molecule has 0 aliphatic rings. The van der Waals surface area contributed by atoms with Crippen molar-refractivity contribution in [2.24, 2.45) is 0 Å². The number of aromatic nitrogens is 2. The summed E-state index contributed by atoms with van der Waals surface area (Å²) in [5.41, 5.74) is -1.72. The van der Waals surface area contributed by atoms with Crippen LogP contribution in [-0.2, 0) is 0 Å². The molecule has 7 heteroatoms. The summed E-state index contributed by atoms with van der Waals surface area (Å²) in [5.74, 6) is -2.97. The molecule has 0 aliphatic heterocycles. The Balaban J connectivity index is 3.06. The van der Waals surface area contributed by atoms with E-state index >= 15 is 0 Å². The molecular weight excluding hydrogens is 189 g/mol. The lowest BCUT2D eigenvalue weighted by Gasteiger charge is -1.96. The van der Waals surface area contributed by atoms with Gasteiger partial charge in [-0.15, -0.1) is 0 Å². The van der Waals surface area contributed by atoms with Crippen LogP contribution in [0, 0.1) is 5.82 Å². The van der Waals surface area contributed by atoms with Crippen molar-refractivity contribution in [3.05, 3.63) is 17.2 Å². The third kappa shape index (κ3) is 1.63. The van der Waals surface area contributed by atoms with Crippen LogP contribution in [0.3, 0.4) is 0 Å². The Hall–Kier alpha value is -1.53. The number of aromatic carboxylic acids is 1. The summed E-state index contributed by atoms with van der Waals surface area (Å²) >= 11 is 0. The molecule has 0 aromatic carbocycles. The summed E-state index contributed by atoms with van der Waals surface area (Å²) in [6.07, 6.45) is -2.23. The first-order valence-electron chi connectivity index (χ1n) is 3.25.